The van der Waals surface area contributed by atoms with Crippen LogP contribution in [0.1, 0.15) is 26.2 Å². The van der Waals surface area contributed by atoms with Crippen molar-refractivity contribution in [1.82, 2.24) is 5.32 Å². The molecule has 1 fully saturated rings. The summed E-state index contributed by atoms with van der Waals surface area (Å²) in [5.41, 5.74) is 5.82. The molecule has 0 bridgehead atoms. The van der Waals surface area contributed by atoms with E-state index in [1.807, 2.05) is 0 Å². The minimum Gasteiger partial charge on any atom is -0.396 e. The maximum atomic E-state index is 8.66. The molecule has 0 radical (unpaired) electrons. The Bertz CT molecular complexity index is 123. The Hall–Kier alpha value is -0.120. The molecule has 0 heterocycles. The van der Waals surface area contributed by atoms with Crippen molar-refractivity contribution in [3.63, 3.8) is 0 Å². The average molecular weight is 158 g/mol. The van der Waals surface area contributed by atoms with Gasteiger partial charge in [0.05, 0.1) is 0 Å². The minimum atomic E-state index is 0.231. The Balaban J connectivity index is 2.18. The summed E-state index contributed by atoms with van der Waals surface area (Å²) >= 11 is 0. The number of aliphatic hydroxyl groups is 1. The van der Waals surface area contributed by atoms with Gasteiger partial charge in [-0.3, -0.25) is 0 Å². The highest BCUT2D eigenvalue weighted by Crippen LogP contribution is 2.34. The van der Waals surface area contributed by atoms with Crippen LogP contribution in [0.4, 0.5) is 0 Å². The summed E-state index contributed by atoms with van der Waals surface area (Å²) in [6, 6.07) is 0.394. The van der Waals surface area contributed by atoms with E-state index in [1.54, 1.807) is 0 Å². The molecule has 1 aliphatic carbocycles. The number of hydrogen-bond acceptors (Lipinski definition) is 3. The molecular weight excluding hydrogens is 140 g/mol. The lowest BCUT2D eigenvalue weighted by atomic mass is 10.2. The first kappa shape index (κ1) is 8.97. The molecule has 1 rings (SSSR count). The Morgan fingerprint density at radius 2 is 2.27 bits per heavy atom. The molecule has 1 atom stereocenters. The van der Waals surface area contributed by atoms with Gasteiger partial charge in [0, 0.05) is 24.7 Å². The quantitative estimate of drug-likeness (QED) is 0.521. The third-order valence-corrected chi connectivity index (χ3v) is 2.36. The van der Waals surface area contributed by atoms with Crippen molar-refractivity contribution in [2.24, 2.45) is 5.73 Å². The van der Waals surface area contributed by atoms with E-state index in [0.29, 0.717) is 6.04 Å². The van der Waals surface area contributed by atoms with E-state index < -0.39 is 0 Å². The van der Waals surface area contributed by atoms with E-state index in [0.717, 1.165) is 13.0 Å². The van der Waals surface area contributed by atoms with Gasteiger partial charge in [0.15, 0.2) is 0 Å². The zero-order valence-electron chi connectivity index (χ0n) is 7.14. The van der Waals surface area contributed by atoms with E-state index in [4.69, 9.17) is 10.8 Å². The van der Waals surface area contributed by atoms with Crippen LogP contribution in [-0.4, -0.2) is 29.8 Å². The molecule has 1 saturated carbocycles. The first-order chi connectivity index (χ1) is 5.22. The van der Waals surface area contributed by atoms with Gasteiger partial charge < -0.3 is 16.2 Å². The number of aliphatic hydroxyl groups excluding tert-OH is 1. The molecule has 11 heavy (non-hydrogen) atoms. The molecule has 0 spiro atoms. The van der Waals surface area contributed by atoms with E-state index >= 15 is 0 Å². The lowest BCUT2D eigenvalue weighted by molar-refractivity contribution is 0.261. The number of nitrogens with one attached hydrogen (secondary N) is 1. The second-order valence-electron chi connectivity index (χ2n) is 3.54. The maximum Gasteiger partial charge on any atom is 0.0445 e. The first-order valence-electron chi connectivity index (χ1n) is 4.31. The standard InChI is InChI=1S/C8H18N2O/c1-7(2-5-11)10-8(6-9)3-4-8/h7,10-11H,2-6,9H2,1H3. The van der Waals surface area contributed by atoms with E-state index in [1.165, 1.54) is 12.8 Å². The summed E-state index contributed by atoms with van der Waals surface area (Å²) in [5.74, 6) is 0. The molecule has 4 N–H and O–H groups in total. The van der Waals surface area contributed by atoms with Crippen LogP contribution in [0.15, 0.2) is 0 Å². The fourth-order valence-electron chi connectivity index (χ4n) is 1.35. The van der Waals surface area contributed by atoms with E-state index in [-0.39, 0.29) is 12.1 Å². The highest BCUT2D eigenvalue weighted by molar-refractivity contribution is 5.03. The Kier molecular flexibility index (Phi) is 2.87. The second-order valence-corrected chi connectivity index (χ2v) is 3.54. The number of rotatable bonds is 5. The summed E-state index contributed by atoms with van der Waals surface area (Å²) in [6.07, 6.45) is 3.21. The van der Waals surface area contributed by atoms with Gasteiger partial charge in [0.25, 0.3) is 0 Å². The lowest BCUT2D eigenvalue weighted by Gasteiger charge is -2.20. The smallest absolute Gasteiger partial charge is 0.0445 e. The van der Waals surface area contributed by atoms with Crippen LogP contribution in [0.2, 0.25) is 0 Å². The molecule has 0 aromatic carbocycles. The topological polar surface area (TPSA) is 58.3 Å². The SMILES string of the molecule is CC(CCO)NC1(CN)CC1. The van der Waals surface area contributed by atoms with Crippen molar-refractivity contribution in [3.05, 3.63) is 0 Å². The molecule has 0 saturated heterocycles. The van der Waals surface area contributed by atoms with Gasteiger partial charge in [-0.05, 0) is 26.2 Å². The molecule has 3 heteroatoms. The van der Waals surface area contributed by atoms with Crippen LogP contribution >= 0.6 is 0 Å². The van der Waals surface area contributed by atoms with Crippen molar-refractivity contribution in [2.45, 2.75) is 37.8 Å². The molecule has 1 aliphatic rings. The molecular formula is C8H18N2O. The predicted molar refractivity (Wildman–Crippen MR) is 45.3 cm³/mol. The van der Waals surface area contributed by atoms with Gasteiger partial charge in [0.1, 0.15) is 0 Å². The van der Waals surface area contributed by atoms with Gasteiger partial charge in [-0.15, -0.1) is 0 Å². The van der Waals surface area contributed by atoms with Crippen molar-refractivity contribution in [1.29, 1.82) is 0 Å². The van der Waals surface area contributed by atoms with Gasteiger partial charge in [0.2, 0.25) is 0 Å². The molecule has 0 aromatic rings. The van der Waals surface area contributed by atoms with Crippen LogP contribution in [0.3, 0.4) is 0 Å². The largest absolute Gasteiger partial charge is 0.396 e. The van der Waals surface area contributed by atoms with Gasteiger partial charge in [-0.2, -0.15) is 0 Å². The average Bonchev–Trinajstić information content (AvgIpc) is 2.70. The molecule has 1 unspecified atom stereocenters. The summed E-state index contributed by atoms with van der Waals surface area (Å²) in [6.45, 7) is 3.07. The van der Waals surface area contributed by atoms with Gasteiger partial charge in [-0.25, -0.2) is 0 Å². The third-order valence-electron chi connectivity index (χ3n) is 2.36. The molecule has 0 aliphatic heterocycles. The monoisotopic (exact) mass is 158 g/mol. The minimum absolute atomic E-state index is 0.231. The van der Waals surface area contributed by atoms with Crippen molar-refractivity contribution >= 4 is 0 Å². The highest BCUT2D eigenvalue weighted by atomic mass is 16.3. The number of hydrogen-bond donors (Lipinski definition) is 3. The van der Waals surface area contributed by atoms with E-state index in [2.05, 4.69) is 12.2 Å². The first-order valence-corrected chi connectivity index (χ1v) is 4.31. The van der Waals surface area contributed by atoms with Crippen LogP contribution in [0.5, 0.6) is 0 Å². The highest BCUT2D eigenvalue weighted by Gasteiger charge is 2.41. The zero-order valence-corrected chi connectivity index (χ0v) is 7.14. The zero-order chi connectivity index (χ0) is 8.32. The van der Waals surface area contributed by atoms with Gasteiger partial charge in [-0.1, -0.05) is 0 Å². The molecule has 66 valence electrons. The summed E-state index contributed by atoms with van der Waals surface area (Å²) in [5, 5.41) is 12.1. The summed E-state index contributed by atoms with van der Waals surface area (Å²) < 4.78 is 0. The maximum absolute atomic E-state index is 8.66. The number of nitrogens with two attached hydrogens (primary N) is 1. The third kappa shape index (κ3) is 2.43. The van der Waals surface area contributed by atoms with Crippen LogP contribution < -0.4 is 11.1 Å². The fourth-order valence-corrected chi connectivity index (χ4v) is 1.35. The lowest BCUT2D eigenvalue weighted by Crippen LogP contribution is -2.43. The molecule has 0 aromatic heterocycles. The van der Waals surface area contributed by atoms with Gasteiger partial charge >= 0.3 is 0 Å². The fraction of sp³-hybridized carbons (Fsp3) is 1.00. The Morgan fingerprint density at radius 3 is 2.64 bits per heavy atom. The molecule has 3 nitrogen and oxygen atoms in total. The van der Waals surface area contributed by atoms with Crippen molar-refractivity contribution in [2.75, 3.05) is 13.2 Å². The van der Waals surface area contributed by atoms with Crippen molar-refractivity contribution in [3.8, 4) is 0 Å². The summed E-state index contributed by atoms with van der Waals surface area (Å²) in [7, 11) is 0. The Labute approximate surface area is 68.0 Å². The van der Waals surface area contributed by atoms with Crippen LogP contribution in [0, 0.1) is 0 Å². The van der Waals surface area contributed by atoms with Crippen LogP contribution in [-0.2, 0) is 0 Å². The second kappa shape index (κ2) is 3.52. The predicted octanol–water partition coefficient (Wildman–Crippen LogP) is -0.162. The Morgan fingerprint density at radius 1 is 1.64 bits per heavy atom. The van der Waals surface area contributed by atoms with E-state index in [9.17, 15) is 0 Å². The molecule has 0 amide bonds. The summed E-state index contributed by atoms with van der Waals surface area (Å²) in [4.78, 5) is 0. The van der Waals surface area contributed by atoms with Crippen molar-refractivity contribution < 1.29 is 5.11 Å². The normalized spacial score (nSPS) is 23.2. The van der Waals surface area contributed by atoms with Crippen LogP contribution in [0.25, 0.3) is 0 Å².